The zero-order valence-electron chi connectivity index (χ0n) is 9.34. The van der Waals surface area contributed by atoms with Crippen LogP contribution in [0.4, 0.5) is 5.69 Å². The van der Waals surface area contributed by atoms with E-state index in [1.165, 1.54) is 6.08 Å². The van der Waals surface area contributed by atoms with E-state index in [0.29, 0.717) is 0 Å². The van der Waals surface area contributed by atoms with Crippen molar-refractivity contribution in [1.29, 1.82) is 0 Å². The molecule has 1 amide bonds. The normalized spacial score (nSPS) is 9.88. The maximum absolute atomic E-state index is 11.1. The summed E-state index contributed by atoms with van der Waals surface area (Å²) in [5, 5.41) is 6.83. The number of carbonyl (C=O) groups is 1. The Kier molecular flexibility index (Phi) is 3.35. The number of hydrogen-bond acceptors (Lipinski definition) is 2. The van der Waals surface area contributed by atoms with E-state index in [0.717, 1.165) is 17.8 Å². The molecule has 0 aliphatic heterocycles. The van der Waals surface area contributed by atoms with Crippen LogP contribution in [0.25, 0.3) is 0 Å². The fourth-order valence-corrected chi connectivity index (χ4v) is 1.47. The van der Waals surface area contributed by atoms with Gasteiger partial charge in [-0.25, -0.2) is 0 Å². The van der Waals surface area contributed by atoms with Crippen molar-refractivity contribution in [2.45, 2.75) is 6.54 Å². The highest BCUT2D eigenvalue weighted by Gasteiger charge is 1.98. The SMILES string of the molecule is C=CC(=O)Nc1ccc(Cn2cccn2)cc1. The van der Waals surface area contributed by atoms with Crippen LogP contribution in [0.1, 0.15) is 5.56 Å². The van der Waals surface area contributed by atoms with Gasteiger partial charge in [0.15, 0.2) is 0 Å². The Balaban J connectivity index is 2.02. The monoisotopic (exact) mass is 227 g/mol. The highest BCUT2D eigenvalue weighted by atomic mass is 16.1. The average Bonchev–Trinajstić information content (AvgIpc) is 2.84. The van der Waals surface area contributed by atoms with Gasteiger partial charge >= 0.3 is 0 Å². The molecule has 1 aromatic carbocycles. The number of amides is 1. The van der Waals surface area contributed by atoms with Crippen molar-refractivity contribution in [2.75, 3.05) is 5.32 Å². The standard InChI is InChI=1S/C13H13N3O/c1-2-13(17)15-12-6-4-11(5-7-12)10-16-9-3-8-14-16/h2-9H,1,10H2,(H,15,17). The van der Waals surface area contributed by atoms with Crippen molar-refractivity contribution in [1.82, 2.24) is 9.78 Å². The van der Waals surface area contributed by atoms with Gasteiger partial charge in [-0.2, -0.15) is 5.10 Å². The minimum Gasteiger partial charge on any atom is -0.323 e. The first-order chi connectivity index (χ1) is 8.28. The largest absolute Gasteiger partial charge is 0.323 e. The van der Waals surface area contributed by atoms with Crippen molar-refractivity contribution >= 4 is 11.6 Å². The van der Waals surface area contributed by atoms with Gasteiger partial charge in [-0.3, -0.25) is 9.48 Å². The second-order valence-corrected chi connectivity index (χ2v) is 3.59. The van der Waals surface area contributed by atoms with Crippen LogP contribution >= 0.6 is 0 Å². The number of hydrogen-bond donors (Lipinski definition) is 1. The quantitative estimate of drug-likeness (QED) is 0.813. The van der Waals surface area contributed by atoms with Crippen molar-refractivity contribution < 1.29 is 4.79 Å². The van der Waals surface area contributed by atoms with Crippen LogP contribution in [0, 0.1) is 0 Å². The number of carbonyl (C=O) groups excluding carboxylic acids is 1. The Morgan fingerprint density at radius 3 is 2.76 bits per heavy atom. The van der Waals surface area contributed by atoms with Crippen LogP contribution in [-0.2, 0) is 11.3 Å². The Morgan fingerprint density at radius 2 is 2.18 bits per heavy atom. The zero-order valence-corrected chi connectivity index (χ0v) is 9.34. The van der Waals surface area contributed by atoms with Gasteiger partial charge in [0, 0.05) is 18.1 Å². The summed E-state index contributed by atoms with van der Waals surface area (Å²) < 4.78 is 1.84. The van der Waals surface area contributed by atoms with E-state index < -0.39 is 0 Å². The van der Waals surface area contributed by atoms with E-state index in [-0.39, 0.29) is 5.91 Å². The Labute approximate surface area is 99.6 Å². The molecule has 0 saturated carbocycles. The van der Waals surface area contributed by atoms with E-state index in [9.17, 15) is 4.79 Å². The number of benzene rings is 1. The summed E-state index contributed by atoms with van der Waals surface area (Å²) in [5.41, 5.74) is 1.89. The Morgan fingerprint density at radius 1 is 1.41 bits per heavy atom. The lowest BCUT2D eigenvalue weighted by Gasteiger charge is -2.05. The first-order valence-electron chi connectivity index (χ1n) is 5.28. The summed E-state index contributed by atoms with van der Waals surface area (Å²) in [4.78, 5) is 11.1. The van der Waals surface area contributed by atoms with Crippen LogP contribution in [0.15, 0.2) is 55.4 Å². The minimum absolute atomic E-state index is 0.204. The van der Waals surface area contributed by atoms with Crippen LogP contribution in [0.2, 0.25) is 0 Å². The van der Waals surface area contributed by atoms with Gasteiger partial charge in [-0.1, -0.05) is 18.7 Å². The summed E-state index contributed by atoms with van der Waals surface area (Å²) in [5.74, 6) is -0.204. The number of nitrogens with one attached hydrogen (secondary N) is 1. The molecule has 86 valence electrons. The lowest BCUT2D eigenvalue weighted by atomic mass is 10.2. The van der Waals surface area contributed by atoms with Crippen LogP contribution in [-0.4, -0.2) is 15.7 Å². The third-order valence-electron chi connectivity index (χ3n) is 2.31. The maximum atomic E-state index is 11.1. The number of anilines is 1. The number of rotatable bonds is 4. The highest BCUT2D eigenvalue weighted by molar-refractivity contribution is 5.98. The fraction of sp³-hybridized carbons (Fsp3) is 0.0769. The molecule has 17 heavy (non-hydrogen) atoms. The summed E-state index contributed by atoms with van der Waals surface area (Å²) in [6, 6.07) is 9.53. The fourth-order valence-electron chi connectivity index (χ4n) is 1.47. The van der Waals surface area contributed by atoms with Crippen molar-refractivity contribution in [2.24, 2.45) is 0 Å². The second-order valence-electron chi connectivity index (χ2n) is 3.59. The summed E-state index contributed by atoms with van der Waals surface area (Å²) >= 11 is 0. The molecule has 0 aliphatic rings. The van der Waals surface area contributed by atoms with Gasteiger partial charge in [0.2, 0.25) is 5.91 Å². The van der Waals surface area contributed by atoms with Crippen molar-refractivity contribution in [3.05, 3.63) is 60.9 Å². The molecule has 2 rings (SSSR count). The second kappa shape index (κ2) is 5.12. The molecule has 0 bridgehead atoms. The topological polar surface area (TPSA) is 46.9 Å². The lowest BCUT2D eigenvalue weighted by Crippen LogP contribution is -2.07. The van der Waals surface area contributed by atoms with Crippen molar-refractivity contribution in [3.63, 3.8) is 0 Å². The van der Waals surface area contributed by atoms with Crippen molar-refractivity contribution in [3.8, 4) is 0 Å². The first kappa shape index (κ1) is 11.1. The highest BCUT2D eigenvalue weighted by Crippen LogP contribution is 2.10. The molecule has 0 saturated heterocycles. The van der Waals surface area contributed by atoms with Crippen LogP contribution in [0.5, 0.6) is 0 Å². The summed E-state index contributed by atoms with van der Waals surface area (Å²) in [6.07, 6.45) is 4.91. The molecule has 0 aliphatic carbocycles. The molecule has 1 aromatic heterocycles. The lowest BCUT2D eigenvalue weighted by molar-refractivity contribution is -0.111. The third kappa shape index (κ3) is 3.04. The van der Waals surface area contributed by atoms with E-state index in [1.807, 2.05) is 41.2 Å². The zero-order chi connectivity index (χ0) is 12.1. The van der Waals surface area contributed by atoms with Gasteiger partial charge in [0.05, 0.1) is 6.54 Å². The number of aromatic nitrogens is 2. The molecule has 0 unspecified atom stereocenters. The van der Waals surface area contributed by atoms with Gasteiger partial charge < -0.3 is 5.32 Å². The van der Waals surface area contributed by atoms with E-state index >= 15 is 0 Å². The predicted molar refractivity (Wildman–Crippen MR) is 66.6 cm³/mol. The van der Waals surface area contributed by atoms with E-state index in [4.69, 9.17) is 0 Å². The van der Waals surface area contributed by atoms with E-state index in [1.54, 1.807) is 6.20 Å². The van der Waals surface area contributed by atoms with Gasteiger partial charge in [-0.05, 0) is 29.8 Å². The first-order valence-corrected chi connectivity index (χ1v) is 5.28. The molecular formula is C13H13N3O. The van der Waals surface area contributed by atoms with Gasteiger partial charge in [0.25, 0.3) is 0 Å². The Hall–Kier alpha value is -2.36. The maximum Gasteiger partial charge on any atom is 0.247 e. The van der Waals surface area contributed by atoms with Crippen LogP contribution in [0.3, 0.4) is 0 Å². The molecule has 1 N–H and O–H groups in total. The molecule has 0 radical (unpaired) electrons. The molecule has 4 nitrogen and oxygen atoms in total. The minimum atomic E-state index is -0.204. The van der Waals surface area contributed by atoms with Gasteiger partial charge in [-0.15, -0.1) is 0 Å². The molecule has 4 heteroatoms. The molecular weight excluding hydrogens is 214 g/mol. The molecule has 2 aromatic rings. The van der Waals surface area contributed by atoms with E-state index in [2.05, 4.69) is 17.0 Å². The van der Waals surface area contributed by atoms with Crippen LogP contribution < -0.4 is 5.32 Å². The molecule has 0 fully saturated rings. The predicted octanol–water partition coefficient (Wildman–Crippen LogP) is 2.06. The molecule has 0 spiro atoms. The number of nitrogens with zero attached hydrogens (tertiary/aromatic N) is 2. The van der Waals surface area contributed by atoms with Gasteiger partial charge in [0.1, 0.15) is 0 Å². The summed E-state index contributed by atoms with van der Waals surface area (Å²) in [6.45, 7) is 4.13. The third-order valence-corrected chi connectivity index (χ3v) is 2.31. The molecule has 1 heterocycles. The molecule has 0 atom stereocenters. The summed E-state index contributed by atoms with van der Waals surface area (Å²) in [7, 11) is 0. The Bertz CT molecular complexity index is 500. The smallest absolute Gasteiger partial charge is 0.247 e. The average molecular weight is 227 g/mol.